The summed E-state index contributed by atoms with van der Waals surface area (Å²) in [6, 6.07) is 6.84. The van der Waals surface area contributed by atoms with E-state index in [4.69, 9.17) is 14.2 Å². The number of amides is 3. The molecule has 0 radical (unpaired) electrons. The first-order valence-electron chi connectivity index (χ1n) is 17.9. The number of carbonyl (C=O) groups excluding carboxylic acids is 4. The average Bonchev–Trinajstić information content (AvgIpc) is 3.77. The Balaban J connectivity index is 1.49. The van der Waals surface area contributed by atoms with E-state index in [0.29, 0.717) is 37.8 Å². The molecule has 4 aliphatic rings. The van der Waals surface area contributed by atoms with E-state index < -0.39 is 53.7 Å². The second kappa shape index (κ2) is 16.4. The zero-order chi connectivity index (χ0) is 35.1. The minimum Gasteiger partial charge on any atom is -0.455 e. The van der Waals surface area contributed by atoms with Gasteiger partial charge in [0.1, 0.15) is 17.7 Å². The van der Waals surface area contributed by atoms with E-state index in [0.717, 1.165) is 32.1 Å². The molecule has 3 aliphatic heterocycles. The summed E-state index contributed by atoms with van der Waals surface area (Å²) in [5.41, 5.74) is -0.571. The fourth-order valence-corrected chi connectivity index (χ4v) is 8.68. The van der Waals surface area contributed by atoms with Gasteiger partial charge in [-0.25, -0.2) is 0 Å². The van der Waals surface area contributed by atoms with Crippen LogP contribution in [0.2, 0.25) is 0 Å². The first kappa shape index (κ1) is 36.7. The van der Waals surface area contributed by atoms with Gasteiger partial charge in [-0.2, -0.15) is 0 Å². The number of likely N-dealkylation sites (tertiary alicyclic amines) is 1. The second-order valence-corrected chi connectivity index (χ2v) is 13.8. The molecule has 1 aromatic carbocycles. The molecule has 3 saturated heterocycles. The van der Waals surface area contributed by atoms with Crippen LogP contribution in [0.4, 0.5) is 0 Å². The number of aliphatic hydroxyl groups excluding tert-OH is 1. The molecule has 49 heavy (non-hydrogen) atoms. The topological polar surface area (TPSA) is 135 Å². The van der Waals surface area contributed by atoms with Gasteiger partial charge in [-0.05, 0) is 44.1 Å². The lowest BCUT2D eigenvalue weighted by Gasteiger charge is -2.42. The van der Waals surface area contributed by atoms with Crippen LogP contribution in [-0.4, -0.2) is 101 Å². The third-order valence-electron chi connectivity index (χ3n) is 10.9. The summed E-state index contributed by atoms with van der Waals surface area (Å²) < 4.78 is 18.5. The molecule has 2 N–H and O–H groups in total. The smallest absolute Gasteiger partial charge is 0.313 e. The number of rotatable bonds is 17. The van der Waals surface area contributed by atoms with Crippen molar-refractivity contribution in [3.63, 3.8) is 0 Å². The molecule has 268 valence electrons. The molecule has 0 aromatic heterocycles. The van der Waals surface area contributed by atoms with Crippen LogP contribution in [0.5, 0.6) is 0 Å². The second-order valence-electron chi connectivity index (χ2n) is 13.8. The Morgan fingerprint density at radius 3 is 2.51 bits per heavy atom. The molecule has 2 bridgehead atoms. The highest BCUT2D eigenvalue weighted by molar-refractivity contribution is 5.98. The Kier molecular flexibility index (Phi) is 12.3. The zero-order valence-corrected chi connectivity index (χ0v) is 29.0. The Bertz CT molecular complexity index is 1350. The number of ether oxygens (including phenoxy) is 3. The number of benzene rings is 1. The molecule has 8 atom stereocenters. The normalized spacial score (nSPS) is 28.0. The number of aliphatic hydroxyl groups is 1. The van der Waals surface area contributed by atoms with Gasteiger partial charge in [0.2, 0.25) is 17.7 Å². The summed E-state index contributed by atoms with van der Waals surface area (Å²) in [5, 5.41) is 13.4. The van der Waals surface area contributed by atoms with Gasteiger partial charge in [-0.1, -0.05) is 68.7 Å². The quantitative estimate of drug-likeness (QED) is 0.187. The Labute approximate surface area is 290 Å². The predicted octanol–water partition coefficient (Wildman–Crippen LogP) is 3.86. The Morgan fingerprint density at radius 1 is 1.14 bits per heavy atom. The van der Waals surface area contributed by atoms with Crippen molar-refractivity contribution in [3.05, 3.63) is 61.2 Å². The first-order valence-corrected chi connectivity index (χ1v) is 17.9. The van der Waals surface area contributed by atoms with Gasteiger partial charge in [-0.15, -0.1) is 13.2 Å². The van der Waals surface area contributed by atoms with E-state index in [2.05, 4.69) is 18.5 Å². The van der Waals surface area contributed by atoms with Crippen molar-refractivity contribution in [3.8, 4) is 0 Å². The number of nitrogens with one attached hydrogen (secondary N) is 1. The number of fused-ring (bicyclic) bond motifs is 1. The van der Waals surface area contributed by atoms with Crippen molar-refractivity contribution in [2.75, 3.05) is 26.9 Å². The molecular formula is C38H53N3O8. The van der Waals surface area contributed by atoms with Crippen molar-refractivity contribution in [1.82, 2.24) is 15.1 Å². The van der Waals surface area contributed by atoms with E-state index >= 15 is 0 Å². The minimum atomic E-state index is -1.23. The highest BCUT2D eigenvalue weighted by Crippen LogP contribution is 2.59. The molecule has 1 spiro atoms. The number of hydrogen-bond acceptors (Lipinski definition) is 8. The molecule has 3 amide bonds. The SMILES string of the molecule is C=CCCC(=O)N[C@@H](COC)[C@@H](OC(=O)[C@@H]1[C@@H]2CC[C@]3(O2)[C@H](C(=O)N(CC=C)C2CCCCC2)N([C@@H](CC)CO)C(=O)[C@@H]13)c1ccccc1. The summed E-state index contributed by atoms with van der Waals surface area (Å²) in [4.78, 5) is 60.0. The van der Waals surface area contributed by atoms with Crippen LogP contribution in [0.1, 0.15) is 82.8 Å². The maximum atomic E-state index is 14.8. The summed E-state index contributed by atoms with van der Waals surface area (Å²) in [6.07, 6.45) is 8.82. The maximum Gasteiger partial charge on any atom is 0.313 e. The lowest BCUT2D eigenvalue weighted by Crippen LogP contribution is -2.60. The summed E-state index contributed by atoms with van der Waals surface area (Å²) >= 11 is 0. The van der Waals surface area contributed by atoms with Crippen LogP contribution in [0.15, 0.2) is 55.6 Å². The van der Waals surface area contributed by atoms with Gasteiger partial charge >= 0.3 is 5.97 Å². The molecule has 5 rings (SSSR count). The molecule has 11 nitrogen and oxygen atoms in total. The van der Waals surface area contributed by atoms with Gasteiger partial charge in [0, 0.05) is 26.1 Å². The number of nitrogens with zero attached hydrogens (tertiary/aromatic N) is 2. The monoisotopic (exact) mass is 679 g/mol. The fraction of sp³-hybridized carbons (Fsp3) is 0.632. The highest BCUT2D eigenvalue weighted by atomic mass is 16.6. The van der Waals surface area contributed by atoms with E-state index in [9.17, 15) is 24.3 Å². The number of methoxy groups -OCH3 is 1. The van der Waals surface area contributed by atoms with Crippen LogP contribution in [0.25, 0.3) is 0 Å². The van der Waals surface area contributed by atoms with E-state index in [1.807, 2.05) is 42.2 Å². The summed E-state index contributed by atoms with van der Waals surface area (Å²) in [6.45, 7) is 9.57. The van der Waals surface area contributed by atoms with Crippen molar-refractivity contribution in [1.29, 1.82) is 0 Å². The van der Waals surface area contributed by atoms with E-state index in [-0.39, 0.29) is 43.4 Å². The molecule has 1 saturated carbocycles. The maximum absolute atomic E-state index is 14.8. The fourth-order valence-electron chi connectivity index (χ4n) is 8.68. The van der Waals surface area contributed by atoms with Crippen LogP contribution >= 0.6 is 0 Å². The molecule has 0 unspecified atom stereocenters. The highest BCUT2D eigenvalue weighted by Gasteiger charge is 2.75. The van der Waals surface area contributed by atoms with Crippen molar-refractivity contribution >= 4 is 23.7 Å². The molecule has 1 aromatic rings. The molecule has 4 fully saturated rings. The van der Waals surface area contributed by atoms with Gasteiger partial charge in [0.25, 0.3) is 0 Å². The van der Waals surface area contributed by atoms with Crippen molar-refractivity contribution in [2.24, 2.45) is 11.8 Å². The average molecular weight is 680 g/mol. The predicted molar refractivity (Wildman–Crippen MR) is 183 cm³/mol. The van der Waals surface area contributed by atoms with Crippen LogP contribution < -0.4 is 5.32 Å². The zero-order valence-electron chi connectivity index (χ0n) is 29.0. The standard InChI is InChI=1S/C38H53N3O8/c1-5-8-19-30(43)39-28(24-47-4)33(25-15-11-9-12-16-25)48-37(46)31-29-20-21-38(49-29)32(31)35(44)41(26(7-3)23-42)34(38)36(45)40(22-6-2)27-17-13-10-14-18-27/h5-6,9,11-12,15-16,26-29,31-34,42H,1-2,7-8,10,13-14,17-24H2,3-4H3,(H,39,43)/t26-,28-,29-,31+,32+,33-,34-,38+/m0/s1. The van der Waals surface area contributed by atoms with Crippen LogP contribution in [-0.2, 0) is 33.4 Å². The minimum absolute atomic E-state index is 0.0197. The molecular weight excluding hydrogens is 626 g/mol. The molecule has 3 heterocycles. The number of hydrogen-bond donors (Lipinski definition) is 2. The lowest BCUT2D eigenvalue weighted by molar-refractivity contribution is -0.163. The number of esters is 1. The van der Waals surface area contributed by atoms with Gasteiger partial charge in [0.15, 0.2) is 0 Å². The summed E-state index contributed by atoms with van der Waals surface area (Å²) in [7, 11) is 1.51. The van der Waals surface area contributed by atoms with E-state index in [1.165, 1.54) is 12.0 Å². The third-order valence-corrected chi connectivity index (χ3v) is 10.9. The largest absolute Gasteiger partial charge is 0.455 e. The van der Waals surface area contributed by atoms with E-state index in [1.54, 1.807) is 12.2 Å². The first-order chi connectivity index (χ1) is 23.8. The molecule has 1 aliphatic carbocycles. The number of carbonyl (C=O) groups is 4. The van der Waals surface area contributed by atoms with Crippen LogP contribution in [0, 0.1) is 11.8 Å². The van der Waals surface area contributed by atoms with Gasteiger partial charge < -0.3 is 34.4 Å². The van der Waals surface area contributed by atoms with Gasteiger partial charge in [0.05, 0.1) is 43.2 Å². The third kappa shape index (κ3) is 7.21. The Hall–Kier alpha value is -3.54. The van der Waals surface area contributed by atoms with Gasteiger partial charge in [-0.3, -0.25) is 19.2 Å². The lowest BCUT2D eigenvalue weighted by atomic mass is 9.70. The molecule has 11 heteroatoms. The van der Waals surface area contributed by atoms with Crippen molar-refractivity contribution in [2.45, 2.75) is 113 Å². The Morgan fingerprint density at radius 2 is 1.88 bits per heavy atom. The van der Waals surface area contributed by atoms with Crippen molar-refractivity contribution < 1.29 is 38.5 Å². The van der Waals surface area contributed by atoms with Crippen LogP contribution in [0.3, 0.4) is 0 Å². The summed E-state index contributed by atoms with van der Waals surface area (Å²) in [5.74, 6) is -3.36. The number of allylic oxidation sites excluding steroid dienone is 1.